The number of nitrogens with one attached hydrogen (secondary N) is 1. The van der Waals surface area contributed by atoms with Crippen LogP contribution in [0.15, 0.2) is 18.2 Å². The van der Waals surface area contributed by atoms with Crippen molar-refractivity contribution in [3.05, 3.63) is 38.9 Å². The lowest BCUT2D eigenvalue weighted by atomic mass is 10.1. The van der Waals surface area contributed by atoms with Gasteiger partial charge in [-0.1, -0.05) is 17.7 Å². The van der Waals surface area contributed by atoms with Crippen molar-refractivity contribution in [3.8, 4) is 0 Å². The van der Waals surface area contributed by atoms with Gasteiger partial charge in [-0.25, -0.2) is 0 Å². The van der Waals surface area contributed by atoms with Crippen LogP contribution in [0.3, 0.4) is 0 Å². The molecule has 0 radical (unpaired) electrons. The molecule has 0 spiro atoms. The average Bonchev–Trinajstić information content (AvgIpc) is 3.14. The Balaban J connectivity index is 1.97. The molecule has 1 aliphatic carbocycles. The molecule has 18 heavy (non-hydrogen) atoms. The van der Waals surface area contributed by atoms with Gasteiger partial charge < -0.3 is 10.4 Å². The van der Waals surface area contributed by atoms with Crippen LogP contribution in [0, 0.1) is 16.0 Å². The van der Waals surface area contributed by atoms with E-state index >= 15 is 0 Å². The molecule has 1 atom stereocenters. The minimum Gasteiger partial charge on any atom is -0.392 e. The summed E-state index contributed by atoms with van der Waals surface area (Å²) in [5, 5.41) is 23.9. The highest BCUT2D eigenvalue weighted by molar-refractivity contribution is 6.31. The molecule has 1 aliphatic rings. The van der Waals surface area contributed by atoms with Gasteiger partial charge in [-0.2, -0.15) is 0 Å². The molecular formula is C12H15ClN2O3. The van der Waals surface area contributed by atoms with Gasteiger partial charge in [0.25, 0.3) is 5.69 Å². The number of aliphatic hydroxyl groups is 1. The van der Waals surface area contributed by atoms with Gasteiger partial charge in [0, 0.05) is 19.2 Å². The second-order valence-electron chi connectivity index (χ2n) is 4.53. The Bertz CT molecular complexity index is 449. The Morgan fingerprint density at radius 3 is 2.89 bits per heavy atom. The Kier molecular flexibility index (Phi) is 4.16. The maximum atomic E-state index is 10.9. The van der Waals surface area contributed by atoms with Crippen molar-refractivity contribution in [1.29, 1.82) is 0 Å². The minimum atomic E-state index is -0.444. The van der Waals surface area contributed by atoms with Crippen molar-refractivity contribution < 1.29 is 10.0 Å². The van der Waals surface area contributed by atoms with E-state index in [9.17, 15) is 15.2 Å². The molecule has 0 aliphatic heterocycles. The zero-order valence-corrected chi connectivity index (χ0v) is 10.6. The monoisotopic (exact) mass is 270 g/mol. The van der Waals surface area contributed by atoms with Gasteiger partial charge in [-0.15, -0.1) is 0 Å². The first-order chi connectivity index (χ1) is 8.59. The SMILES string of the molecule is O=[N+]([O-])c1cccc(Cl)c1CNCC(O)C1CC1. The lowest BCUT2D eigenvalue weighted by Gasteiger charge is -2.11. The summed E-state index contributed by atoms with van der Waals surface area (Å²) in [6.07, 6.45) is 1.76. The maximum absolute atomic E-state index is 10.9. The number of nitro benzene ring substituents is 1. The second kappa shape index (κ2) is 5.65. The zero-order valence-electron chi connectivity index (χ0n) is 9.80. The number of nitrogens with zero attached hydrogens (tertiary/aromatic N) is 1. The highest BCUT2D eigenvalue weighted by Crippen LogP contribution is 2.32. The topological polar surface area (TPSA) is 75.4 Å². The van der Waals surface area contributed by atoms with Crippen LogP contribution >= 0.6 is 11.6 Å². The number of benzene rings is 1. The van der Waals surface area contributed by atoms with Gasteiger partial charge in [-0.05, 0) is 24.8 Å². The third kappa shape index (κ3) is 3.19. The first-order valence-electron chi connectivity index (χ1n) is 5.90. The van der Waals surface area contributed by atoms with Crippen molar-refractivity contribution >= 4 is 17.3 Å². The molecule has 1 saturated carbocycles. The third-order valence-electron chi connectivity index (χ3n) is 3.11. The van der Waals surface area contributed by atoms with E-state index in [1.165, 1.54) is 6.07 Å². The molecule has 0 bridgehead atoms. The molecule has 1 unspecified atom stereocenters. The fraction of sp³-hybridized carbons (Fsp3) is 0.500. The molecule has 98 valence electrons. The number of hydrogen-bond donors (Lipinski definition) is 2. The van der Waals surface area contributed by atoms with E-state index in [2.05, 4.69) is 5.32 Å². The minimum absolute atomic E-state index is 0.0101. The lowest BCUT2D eigenvalue weighted by Crippen LogP contribution is -2.28. The summed E-state index contributed by atoms with van der Waals surface area (Å²) in [5.41, 5.74) is 0.475. The highest BCUT2D eigenvalue weighted by atomic mass is 35.5. The summed E-state index contributed by atoms with van der Waals surface area (Å²) in [6.45, 7) is 0.729. The standard InChI is InChI=1S/C12H15ClN2O3/c13-10-2-1-3-11(15(17)18)9(10)6-14-7-12(16)8-4-5-8/h1-3,8,12,14,16H,4-7H2. The summed E-state index contributed by atoms with van der Waals surface area (Å²) < 4.78 is 0. The molecule has 6 heteroatoms. The number of hydrogen-bond acceptors (Lipinski definition) is 4. The van der Waals surface area contributed by atoms with Gasteiger partial charge in [0.2, 0.25) is 0 Å². The molecule has 0 aromatic heterocycles. The number of rotatable bonds is 6. The van der Waals surface area contributed by atoms with Gasteiger partial charge >= 0.3 is 0 Å². The number of halogens is 1. The van der Waals surface area contributed by atoms with E-state index in [1.54, 1.807) is 12.1 Å². The van der Waals surface area contributed by atoms with Crippen molar-refractivity contribution in [3.63, 3.8) is 0 Å². The van der Waals surface area contributed by atoms with E-state index in [4.69, 9.17) is 11.6 Å². The summed E-state index contributed by atoms with van der Waals surface area (Å²) in [7, 11) is 0. The van der Waals surface area contributed by atoms with Gasteiger partial charge in [-0.3, -0.25) is 10.1 Å². The normalized spacial score (nSPS) is 16.6. The Labute approximate surface area is 110 Å². The van der Waals surface area contributed by atoms with Crippen LogP contribution in [0.25, 0.3) is 0 Å². The largest absolute Gasteiger partial charge is 0.392 e. The van der Waals surface area contributed by atoms with E-state index in [0.29, 0.717) is 29.6 Å². The molecule has 0 amide bonds. The quantitative estimate of drug-likeness (QED) is 0.613. The van der Waals surface area contributed by atoms with Crippen LogP contribution in [0.2, 0.25) is 5.02 Å². The summed E-state index contributed by atoms with van der Waals surface area (Å²) in [6, 6.07) is 4.62. The average molecular weight is 271 g/mol. The van der Waals surface area contributed by atoms with Gasteiger partial charge in [0.15, 0.2) is 0 Å². The molecular weight excluding hydrogens is 256 g/mol. The van der Waals surface area contributed by atoms with Crippen LogP contribution in [0.5, 0.6) is 0 Å². The molecule has 5 nitrogen and oxygen atoms in total. The van der Waals surface area contributed by atoms with E-state index in [1.807, 2.05) is 0 Å². The highest BCUT2D eigenvalue weighted by Gasteiger charge is 2.29. The summed E-state index contributed by atoms with van der Waals surface area (Å²) in [4.78, 5) is 10.4. The van der Waals surface area contributed by atoms with Crippen LogP contribution in [-0.4, -0.2) is 22.7 Å². The maximum Gasteiger partial charge on any atom is 0.275 e. The van der Waals surface area contributed by atoms with Crippen LogP contribution in [0.4, 0.5) is 5.69 Å². The van der Waals surface area contributed by atoms with Gasteiger partial charge in [0.05, 0.1) is 21.6 Å². The van der Waals surface area contributed by atoms with Crippen LogP contribution < -0.4 is 5.32 Å². The van der Waals surface area contributed by atoms with Crippen molar-refractivity contribution in [2.75, 3.05) is 6.54 Å². The van der Waals surface area contributed by atoms with Crippen molar-refractivity contribution in [2.45, 2.75) is 25.5 Å². The molecule has 2 rings (SSSR count). The first-order valence-corrected chi connectivity index (χ1v) is 6.28. The molecule has 2 N–H and O–H groups in total. The third-order valence-corrected chi connectivity index (χ3v) is 3.47. The van der Waals surface area contributed by atoms with E-state index in [0.717, 1.165) is 12.8 Å². The Morgan fingerprint density at radius 1 is 1.56 bits per heavy atom. The predicted molar refractivity (Wildman–Crippen MR) is 68.5 cm³/mol. The summed E-state index contributed by atoms with van der Waals surface area (Å²) >= 11 is 5.96. The smallest absolute Gasteiger partial charge is 0.275 e. The fourth-order valence-electron chi connectivity index (χ4n) is 1.89. The van der Waals surface area contributed by atoms with Crippen LogP contribution in [0.1, 0.15) is 18.4 Å². The van der Waals surface area contributed by atoms with E-state index < -0.39 is 4.92 Å². The van der Waals surface area contributed by atoms with Crippen LogP contribution in [-0.2, 0) is 6.54 Å². The predicted octanol–water partition coefficient (Wildman–Crippen LogP) is 2.11. The molecule has 1 fully saturated rings. The Hall–Kier alpha value is -1.17. The number of nitro groups is 1. The lowest BCUT2D eigenvalue weighted by molar-refractivity contribution is -0.385. The van der Waals surface area contributed by atoms with Crippen molar-refractivity contribution in [2.24, 2.45) is 5.92 Å². The molecule has 1 aromatic rings. The molecule has 0 heterocycles. The Morgan fingerprint density at radius 2 is 2.28 bits per heavy atom. The van der Waals surface area contributed by atoms with Crippen molar-refractivity contribution in [1.82, 2.24) is 5.32 Å². The fourth-order valence-corrected chi connectivity index (χ4v) is 2.12. The summed E-state index contributed by atoms with van der Waals surface area (Å²) in [5.74, 6) is 0.388. The molecule has 0 saturated heterocycles. The number of aliphatic hydroxyl groups excluding tert-OH is 1. The van der Waals surface area contributed by atoms with Gasteiger partial charge in [0.1, 0.15) is 0 Å². The molecule has 1 aromatic carbocycles. The van der Waals surface area contributed by atoms with E-state index in [-0.39, 0.29) is 11.8 Å². The second-order valence-corrected chi connectivity index (χ2v) is 4.94. The zero-order chi connectivity index (χ0) is 13.1. The first kappa shape index (κ1) is 13.3.